The quantitative estimate of drug-likeness (QED) is 0.0299. The van der Waals surface area contributed by atoms with Crippen LogP contribution < -0.4 is 38.1 Å². The number of phenols is 1. The van der Waals surface area contributed by atoms with Crippen molar-refractivity contribution in [1.29, 1.82) is 0 Å². The van der Waals surface area contributed by atoms with E-state index in [4.69, 9.17) is 11.5 Å². The second-order valence-corrected chi connectivity index (χ2v) is 16.4. The van der Waals surface area contributed by atoms with Crippen LogP contribution in [0.5, 0.6) is 5.75 Å². The van der Waals surface area contributed by atoms with Gasteiger partial charge in [-0.25, -0.2) is 4.79 Å². The molecule has 0 aliphatic rings. The van der Waals surface area contributed by atoms with E-state index in [9.17, 15) is 44.1 Å². The minimum atomic E-state index is -1.54. The maximum atomic E-state index is 14.1. The molecule has 0 spiro atoms. The lowest BCUT2D eigenvalue weighted by Crippen LogP contribution is -2.60. The molecule has 5 atom stereocenters. The number of unbranched alkanes of at least 4 members (excludes halogenated alkanes) is 2. The van der Waals surface area contributed by atoms with E-state index in [1.165, 1.54) is 12.1 Å². The highest BCUT2D eigenvalue weighted by Gasteiger charge is 2.33. The van der Waals surface area contributed by atoms with Crippen LogP contribution >= 0.6 is 0 Å². The number of aromatic nitrogens is 1. The normalized spacial score (nSPS) is 13.7. The molecule has 18 nitrogen and oxygen atoms in total. The summed E-state index contributed by atoms with van der Waals surface area (Å²) in [4.78, 5) is 87.6. The van der Waals surface area contributed by atoms with Gasteiger partial charge in [-0.1, -0.05) is 77.3 Å². The number of rotatable bonds is 27. The number of carboxylic acids is 1. The van der Waals surface area contributed by atoms with E-state index in [1.54, 1.807) is 18.3 Å². The van der Waals surface area contributed by atoms with E-state index in [0.29, 0.717) is 23.5 Å². The topological polar surface area (TPSA) is 303 Å². The number of aliphatic hydroxyl groups is 1. The number of carbonyl (C=O) groups excluding carboxylic acids is 5. The lowest BCUT2D eigenvalue weighted by Gasteiger charge is -2.27. The first kappa shape index (κ1) is 50.2. The molecule has 0 fully saturated rings. The van der Waals surface area contributed by atoms with Gasteiger partial charge in [-0.15, -0.1) is 0 Å². The summed E-state index contributed by atoms with van der Waals surface area (Å²) in [7, 11) is 0. The average molecular weight is 864 g/mol. The third-order valence-corrected chi connectivity index (χ3v) is 10.2. The van der Waals surface area contributed by atoms with Crippen LogP contribution in [-0.4, -0.2) is 105 Å². The number of nitrogens with zero attached hydrogens (tertiary/aromatic N) is 1. The van der Waals surface area contributed by atoms with E-state index in [-0.39, 0.29) is 68.6 Å². The first-order valence-electron chi connectivity index (χ1n) is 21.2. The molecule has 1 heterocycles. The summed E-state index contributed by atoms with van der Waals surface area (Å²) in [5.74, 6) is -4.62. The Labute approximate surface area is 362 Å². The van der Waals surface area contributed by atoms with E-state index < -0.39 is 66.4 Å². The van der Waals surface area contributed by atoms with Crippen LogP contribution in [0.15, 0.2) is 59.7 Å². The number of para-hydroxylation sites is 1. The highest BCUT2D eigenvalue weighted by molar-refractivity contribution is 5.96. The summed E-state index contributed by atoms with van der Waals surface area (Å²) in [6.07, 6.45) is 5.63. The summed E-state index contributed by atoms with van der Waals surface area (Å²) in [5.41, 5.74) is 12.8. The highest BCUT2D eigenvalue weighted by atomic mass is 16.4. The molecule has 5 amide bonds. The third kappa shape index (κ3) is 17.4. The van der Waals surface area contributed by atoms with E-state index >= 15 is 0 Å². The molecule has 18 heteroatoms. The monoisotopic (exact) mass is 863 g/mol. The molecule has 0 radical (unpaired) electrons. The Kier molecular flexibility index (Phi) is 20.7. The summed E-state index contributed by atoms with van der Waals surface area (Å²) < 4.78 is 0. The number of phenolic OH excluding ortho intramolecular Hbond substituents is 1. The molecule has 0 saturated heterocycles. The number of carbonyl (C=O) groups is 6. The fraction of sp³-hybridized carbons (Fsp3) is 0.523. The molecule has 0 saturated carbocycles. The van der Waals surface area contributed by atoms with Crippen molar-refractivity contribution in [2.24, 2.45) is 28.3 Å². The van der Waals surface area contributed by atoms with Crippen LogP contribution in [0.1, 0.15) is 90.2 Å². The molecular formula is C44H65N9O9. The second kappa shape index (κ2) is 25.6. The van der Waals surface area contributed by atoms with E-state index in [1.807, 2.05) is 38.1 Å². The standard InChI is InChI=1S/C44H65N9O9/c1-26(2)11-6-5-7-15-38(56)49-35(22-28-16-18-30(55)19-17-28)40(58)53-37(25-54)42(60)51-34(21-27(3)4)39(57)52-36(23-29-24-48-32-13-9-8-12-31(29)32)41(59)50-33(43(61)62)14-10-20-47-44(45)46/h8-9,12-13,16-19,24,26-27,33-37,48,54-55H,5-7,10-11,14-15,20-23,25H2,1-4H3,(H,49,56)(H,50,59)(H,51,60)(H,52,57)(H,53,58)(H,61,62)(H4,45,46,47). The van der Waals surface area contributed by atoms with Crippen molar-refractivity contribution in [1.82, 2.24) is 31.6 Å². The average Bonchev–Trinajstić information content (AvgIpc) is 3.62. The number of nitrogens with one attached hydrogen (secondary N) is 6. The van der Waals surface area contributed by atoms with Crippen molar-refractivity contribution in [3.63, 3.8) is 0 Å². The number of fused-ring (bicyclic) bond motifs is 1. The van der Waals surface area contributed by atoms with E-state index in [2.05, 4.69) is 50.4 Å². The van der Waals surface area contributed by atoms with Crippen LogP contribution in [-0.2, 0) is 41.6 Å². The molecule has 2 aromatic carbocycles. The van der Waals surface area contributed by atoms with Gasteiger partial charge < -0.3 is 58.4 Å². The number of guanidine groups is 1. The zero-order valence-corrected chi connectivity index (χ0v) is 36.1. The third-order valence-electron chi connectivity index (χ3n) is 10.2. The number of aliphatic carboxylic acids is 1. The summed E-state index contributed by atoms with van der Waals surface area (Å²) in [5, 5.41) is 43.9. The van der Waals surface area contributed by atoms with Gasteiger partial charge in [-0.05, 0) is 66.8 Å². The Morgan fingerprint density at radius 3 is 1.90 bits per heavy atom. The van der Waals surface area contributed by atoms with Gasteiger partial charge in [0.1, 0.15) is 36.0 Å². The molecule has 0 aliphatic carbocycles. The van der Waals surface area contributed by atoms with Crippen molar-refractivity contribution < 1.29 is 44.1 Å². The highest BCUT2D eigenvalue weighted by Crippen LogP contribution is 2.20. The lowest BCUT2D eigenvalue weighted by atomic mass is 10.00. The molecule has 13 N–H and O–H groups in total. The molecule has 0 aliphatic heterocycles. The SMILES string of the molecule is CC(C)CCCCCC(=O)NC(Cc1ccc(O)cc1)C(=O)NC(CO)C(=O)NC(CC(C)C)C(=O)NC(Cc1c[nH]c2ccccc12)C(=O)NC(CCCN=C(N)N)C(=O)O. The number of hydrogen-bond acceptors (Lipinski definition) is 9. The minimum Gasteiger partial charge on any atom is -0.508 e. The van der Waals surface area contributed by atoms with Gasteiger partial charge >= 0.3 is 5.97 Å². The van der Waals surface area contributed by atoms with Gasteiger partial charge in [0.05, 0.1) is 6.61 Å². The molecule has 3 aromatic rings. The Morgan fingerprint density at radius 2 is 1.27 bits per heavy atom. The number of nitrogens with two attached hydrogens (primary N) is 2. The molecule has 3 rings (SSSR count). The Morgan fingerprint density at radius 1 is 0.677 bits per heavy atom. The van der Waals surface area contributed by atoms with Crippen LogP contribution in [0.2, 0.25) is 0 Å². The summed E-state index contributed by atoms with van der Waals surface area (Å²) in [6, 6.07) is 6.82. The number of amides is 5. The fourth-order valence-corrected chi connectivity index (χ4v) is 6.84. The van der Waals surface area contributed by atoms with Crippen LogP contribution in [0.4, 0.5) is 0 Å². The number of aromatic amines is 1. The molecular weight excluding hydrogens is 799 g/mol. The van der Waals surface area contributed by atoms with Gasteiger partial charge in [0.25, 0.3) is 0 Å². The molecule has 340 valence electrons. The maximum Gasteiger partial charge on any atom is 0.326 e. The number of aliphatic hydroxyl groups excluding tert-OH is 1. The second-order valence-electron chi connectivity index (χ2n) is 16.4. The zero-order chi connectivity index (χ0) is 45.8. The number of hydrogen-bond donors (Lipinski definition) is 11. The Bertz CT molecular complexity index is 1960. The van der Waals surface area contributed by atoms with E-state index in [0.717, 1.165) is 30.2 Å². The Balaban J connectivity index is 1.80. The molecule has 1 aromatic heterocycles. The van der Waals surface area contributed by atoms with Gasteiger partial charge in [-0.2, -0.15) is 0 Å². The fourth-order valence-electron chi connectivity index (χ4n) is 6.84. The van der Waals surface area contributed by atoms with Crippen LogP contribution in [0.25, 0.3) is 10.9 Å². The van der Waals surface area contributed by atoms with Gasteiger partial charge in [0.2, 0.25) is 29.5 Å². The van der Waals surface area contributed by atoms with Crippen molar-refractivity contribution in [3.05, 3.63) is 65.9 Å². The maximum absolute atomic E-state index is 14.1. The zero-order valence-electron chi connectivity index (χ0n) is 36.1. The lowest BCUT2D eigenvalue weighted by molar-refractivity contribution is -0.142. The van der Waals surface area contributed by atoms with Crippen molar-refractivity contribution in [2.75, 3.05) is 13.2 Å². The number of carboxylic acid groups (broad SMARTS) is 1. The predicted molar refractivity (Wildman–Crippen MR) is 235 cm³/mol. The van der Waals surface area contributed by atoms with Gasteiger partial charge in [0, 0.05) is 42.9 Å². The van der Waals surface area contributed by atoms with Gasteiger partial charge in [0.15, 0.2) is 5.96 Å². The van der Waals surface area contributed by atoms with Crippen molar-refractivity contribution in [3.8, 4) is 5.75 Å². The van der Waals surface area contributed by atoms with Crippen molar-refractivity contribution >= 4 is 52.4 Å². The van der Waals surface area contributed by atoms with Crippen LogP contribution in [0.3, 0.4) is 0 Å². The largest absolute Gasteiger partial charge is 0.508 e. The summed E-state index contributed by atoms with van der Waals surface area (Å²) in [6.45, 7) is 7.17. The minimum absolute atomic E-state index is 0.0101. The van der Waals surface area contributed by atoms with Crippen LogP contribution in [0, 0.1) is 11.8 Å². The van der Waals surface area contributed by atoms with Gasteiger partial charge in [-0.3, -0.25) is 29.0 Å². The predicted octanol–water partition coefficient (Wildman–Crippen LogP) is 1.87. The smallest absolute Gasteiger partial charge is 0.326 e. The molecule has 62 heavy (non-hydrogen) atoms. The first-order chi connectivity index (χ1) is 29.5. The van der Waals surface area contributed by atoms with Crippen molar-refractivity contribution in [2.45, 2.75) is 122 Å². The molecule has 0 bridgehead atoms. The number of aliphatic imine (C=N–C) groups is 1. The molecule has 5 unspecified atom stereocenters. The first-order valence-corrected chi connectivity index (χ1v) is 21.2. The number of benzene rings is 2. The number of H-pyrrole nitrogens is 1. The Hall–Kier alpha value is -6.17. The number of aromatic hydroxyl groups is 1. The summed E-state index contributed by atoms with van der Waals surface area (Å²) >= 11 is 0.